The largest absolute Gasteiger partial charge is 0.393 e. The zero-order valence-corrected chi connectivity index (χ0v) is 11.6. The zero-order valence-electron chi connectivity index (χ0n) is 10.7. The third kappa shape index (κ3) is 2.98. The van der Waals surface area contributed by atoms with Gasteiger partial charge >= 0.3 is 0 Å². The van der Waals surface area contributed by atoms with E-state index in [9.17, 15) is 5.11 Å². The lowest BCUT2D eigenvalue weighted by atomic mass is 10.1. The van der Waals surface area contributed by atoms with Crippen molar-refractivity contribution in [3.8, 4) is 0 Å². The predicted molar refractivity (Wildman–Crippen MR) is 76.3 cm³/mol. The Bertz CT molecular complexity index is 531. The van der Waals surface area contributed by atoms with E-state index in [2.05, 4.69) is 23.6 Å². The topological polar surface area (TPSA) is 38.7 Å². The fraction of sp³-hybridized carbons (Fsp3) is 0.467. The molecule has 4 heteroatoms. The van der Waals surface area contributed by atoms with E-state index in [1.165, 1.54) is 10.1 Å². The van der Waals surface area contributed by atoms with Crippen molar-refractivity contribution in [2.75, 3.05) is 13.2 Å². The number of benzene rings is 1. The van der Waals surface area contributed by atoms with E-state index < -0.39 is 0 Å². The third-order valence-electron chi connectivity index (χ3n) is 3.47. The molecule has 2 heterocycles. The van der Waals surface area contributed by atoms with Crippen molar-refractivity contribution in [1.82, 2.24) is 0 Å². The molecule has 1 aliphatic rings. The van der Waals surface area contributed by atoms with Crippen LogP contribution in [0.3, 0.4) is 0 Å². The number of aliphatic hydroxyl groups excluding tert-OH is 1. The molecule has 2 unspecified atom stereocenters. The summed E-state index contributed by atoms with van der Waals surface area (Å²) in [5.74, 6) is 0. The molecule has 0 radical (unpaired) electrons. The SMILES string of the molecule is OCC(OC1CCCCO1)c1ccc2sccc2c1. The Hall–Kier alpha value is -0.940. The molecule has 1 N–H and O–H groups in total. The summed E-state index contributed by atoms with van der Waals surface area (Å²) in [4.78, 5) is 0. The summed E-state index contributed by atoms with van der Waals surface area (Å²) in [5.41, 5.74) is 1.02. The molecular formula is C15H18O3S. The fourth-order valence-electron chi connectivity index (χ4n) is 2.41. The van der Waals surface area contributed by atoms with Crippen LogP contribution < -0.4 is 0 Å². The van der Waals surface area contributed by atoms with Crippen molar-refractivity contribution in [3.63, 3.8) is 0 Å². The smallest absolute Gasteiger partial charge is 0.158 e. The molecule has 1 fully saturated rings. The van der Waals surface area contributed by atoms with Gasteiger partial charge in [-0.3, -0.25) is 0 Å². The molecule has 0 spiro atoms. The van der Waals surface area contributed by atoms with E-state index in [1.54, 1.807) is 11.3 Å². The highest BCUT2D eigenvalue weighted by Crippen LogP contribution is 2.28. The summed E-state index contributed by atoms with van der Waals surface area (Å²) in [6.45, 7) is 0.738. The summed E-state index contributed by atoms with van der Waals surface area (Å²) in [6, 6.07) is 8.30. The molecule has 3 rings (SSSR count). The predicted octanol–water partition coefficient (Wildman–Crippen LogP) is 3.48. The number of thiophene rings is 1. The highest BCUT2D eigenvalue weighted by Gasteiger charge is 2.20. The van der Waals surface area contributed by atoms with Gasteiger partial charge in [-0.1, -0.05) is 6.07 Å². The van der Waals surface area contributed by atoms with Crippen LogP contribution in [-0.2, 0) is 9.47 Å². The minimum absolute atomic E-state index is 0.0183. The summed E-state index contributed by atoms with van der Waals surface area (Å²) in [6.07, 6.45) is 2.67. The van der Waals surface area contributed by atoms with Crippen LogP contribution >= 0.6 is 11.3 Å². The molecular weight excluding hydrogens is 260 g/mol. The van der Waals surface area contributed by atoms with Gasteiger partial charge in [0.1, 0.15) is 6.10 Å². The van der Waals surface area contributed by atoms with E-state index >= 15 is 0 Å². The van der Waals surface area contributed by atoms with Gasteiger partial charge in [0.25, 0.3) is 0 Å². The van der Waals surface area contributed by atoms with E-state index in [0.717, 1.165) is 31.4 Å². The second-order valence-electron chi connectivity index (χ2n) is 4.82. The number of aliphatic hydroxyl groups is 1. The second kappa shape index (κ2) is 6.01. The Morgan fingerprint density at radius 2 is 2.32 bits per heavy atom. The Balaban J connectivity index is 1.76. The maximum atomic E-state index is 9.55. The number of fused-ring (bicyclic) bond motifs is 1. The van der Waals surface area contributed by atoms with Crippen molar-refractivity contribution < 1.29 is 14.6 Å². The zero-order chi connectivity index (χ0) is 13.1. The van der Waals surface area contributed by atoms with Crippen LogP contribution in [0.1, 0.15) is 30.9 Å². The van der Waals surface area contributed by atoms with Gasteiger partial charge in [0, 0.05) is 11.3 Å². The Labute approximate surface area is 116 Å². The lowest BCUT2D eigenvalue weighted by molar-refractivity contribution is -0.196. The van der Waals surface area contributed by atoms with Crippen LogP contribution in [0.4, 0.5) is 0 Å². The Morgan fingerprint density at radius 3 is 3.11 bits per heavy atom. The van der Waals surface area contributed by atoms with Gasteiger partial charge in [-0.25, -0.2) is 0 Å². The first kappa shape index (κ1) is 13.1. The average Bonchev–Trinajstić information content (AvgIpc) is 2.93. The summed E-state index contributed by atoms with van der Waals surface area (Å²) in [7, 11) is 0. The summed E-state index contributed by atoms with van der Waals surface area (Å²) in [5, 5.41) is 12.8. The van der Waals surface area contributed by atoms with E-state index in [-0.39, 0.29) is 19.0 Å². The maximum Gasteiger partial charge on any atom is 0.158 e. The molecule has 1 aromatic carbocycles. The average molecular weight is 278 g/mol. The molecule has 19 heavy (non-hydrogen) atoms. The molecule has 1 saturated heterocycles. The normalized spacial score (nSPS) is 21.6. The molecule has 0 bridgehead atoms. The number of hydrogen-bond acceptors (Lipinski definition) is 4. The first-order valence-corrected chi connectivity index (χ1v) is 7.60. The number of ether oxygens (including phenoxy) is 2. The Morgan fingerprint density at radius 1 is 1.37 bits per heavy atom. The highest BCUT2D eigenvalue weighted by molar-refractivity contribution is 7.17. The van der Waals surface area contributed by atoms with Crippen LogP contribution in [0.15, 0.2) is 29.6 Å². The van der Waals surface area contributed by atoms with Gasteiger partial charge in [0.2, 0.25) is 0 Å². The minimum Gasteiger partial charge on any atom is -0.393 e. The van der Waals surface area contributed by atoms with Gasteiger partial charge in [0.15, 0.2) is 6.29 Å². The maximum absolute atomic E-state index is 9.55. The fourth-order valence-corrected chi connectivity index (χ4v) is 3.19. The first-order valence-electron chi connectivity index (χ1n) is 6.72. The molecule has 2 atom stereocenters. The van der Waals surface area contributed by atoms with Crippen LogP contribution in [0.2, 0.25) is 0 Å². The van der Waals surface area contributed by atoms with Gasteiger partial charge in [-0.15, -0.1) is 11.3 Å². The number of hydrogen-bond donors (Lipinski definition) is 1. The first-order chi connectivity index (χ1) is 9.36. The van der Waals surface area contributed by atoms with Gasteiger partial charge in [0.05, 0.1) is 6.61 Å². The van der Waals surface area contributed by atoms with E-state index in [0.29, 0.717) is 0 Å². The molecule has 0 amide bonds. The van der Waals surface area contributed by atoms with Crippen molar-refractivity contribution >= 4 is 21.4 Å². The van der Waals surface area contributed by atoms with Gasteiger partial charge < -0.3 is 14.6 Å². The van der Waals surface area contributed by atoms with Gasteiger partial charge in [-0.05, 0) is 53.8 Å². The quantitative estimate of drug-likeness (QED) is 0.930. The molecule has 0 saturated carbocycles. The Kier molecular flexibility index (Phi) is 4.13. The monoisotopic (exact) mass is 278 g/mol. The number of rotatable bonds is 4. The van der Waals surface area contributed by atoms with Crippen LogP contribution in [0.25, 0.3) is 10.1 Å². The van der Waals surface area contributed by atoms with E-state index in [4.69, 9.17) is 9.47 Å². The van der Waals surface area contributed by atoms with Crippen molar-refractivity contribution in [2.45, 2.75) is 31.7 Å². The van der Waals surface area contributed by atoms with E-state index in [1.807, 2.05) is 6.07 Å². The highest BCUT2D eigenvalue weighted by atomic mass is 32.1. The summed E-state index contributed by atoms with van der Waals surface area (Å²) < 4.78 is 12.7. The van der Waals surface area contributed by atoms with Crippen LogP contribution in [0, 0.1) is 0 Å². The second-order valence-corrected chi connectivity index (χ2v) is 5.77. The molecule has 0 aliphatic carbocycles. The van der Waals surface area contributed by atoms with Gasteiger partial charge in [-0.2, -0.15) is 0 Å². The molecule has 2 aromatic rings. The lowest BCUT2D eigenvalue weighted by Gasteiger charge is -2.27. The van der Waals surface area contributed by atoms with Crippen molar-refractivity contribution in [3.05, 3.63) is 35.2 Å². The van der Waals surface area contributed by atoms with Crippen LogP contribution in [0.5, 0.6) is 0 Å². The molecule has 1 aromatic heterocycles. The summed E-state index contributed by atoms with van der Waals surface area (Å²) >= 11 is 1.72. The lowest BCUT2D eigenvalue weighted by Crippen LogP contribution is -2.25. The minimum atomic E-state index is -0.299. The van der Waals surface area contributed by atoms with Crippen molar-refractivity contribution in [2.24, 2.45) is 0 Å². The molecule has 3 nitrogen and oxygen atoms in total. The standard InChI is InChI=1S/C15H18O3S/c16-10-13(18-15-3-1-2-7-17-15)11-4-5-14-12(9-11)6-8-19-14/h4-6,8-9,13,15-16H,1-3,7,10H2. The van der Waals surface area contributed by atoms with Crippen molar-refractivity contribution in [1.29, 1.82) is 0 Å². The van der Waals surface area contributed by atoms with Crippen LogP contribution in [-0.4, -0.2) is 24.6 Å². The molecule has 1 aliphatic heterocycles. The third-order valence-corrected chi connectivity index (χ3v) is 4.37. The molecule has 102 valence electrons.